The number of anilines is 1. The highest BCUT2D eigenvalue weighted by atomic mass is 16.2. The third-order valence-electron chi connectivity index (χ3n) is 5.08. The molecule has 3 heterocycles. The lowest BCUT2D eigenvalue weighted by Gasteiger charge is -2.38. The first-order chi connectivity index (χ1) is 12.0. The maximum absolute atomic E-state index is 12.8. The minimum absolute atomic E-state index is 0.0540. The lowest BCUT2D eigenvalue weighted by atomic mass is 9.95. The van der Waals surface area contributed by atoms with Crippen molar-refractivity contribution < 1.29 is 9.59 Å². The van der Waals surface area contributed by atoms with Gasteiger partial charge in [0.15, 0.2) is 0 Å². The van der Waals surface area contributed by atoms with Gasteiger partial charge < -0.3 is 14.7 Å². The topological polar surface area (TPSA) is 69.6 Å². The van der Waals surface area contributed by atoms with Crippen molar-refractivity contribution in [3.8, 4) is 0 Å². The maximum atomic E-state index is 12.8. The zero-order valence-electron chi connectivity index (χ0n) is 15.4. The third kappa shape index (κ3) is 3.91. The highest BCUT2D eigenvalue weighted by Gasteiger charge is 2.33. The number of carbonyl (C=O) groups is 2. The summed E-state index contributed by atoms with van der Waals surface area (Å²) in [6.07, 6.45) is 1.16. The number of likely N-dealkylation sites (tertiary alicyclic amines) is 1. The first kappa shape index (κ1) is 17.6. The van der Waals surface area contributed by atoms with Crippen LogP contribution >= 0.6 is 0 Å². The van der Waals surface area contributed by atoms with E-state index in [1.807, 2.05) is 31.7 Å². The van der Waals surface area contributed by atoms with Gasteiger partial charge in [-0.1, -0.05) is 0 Å². The summed E-state index contributed by atoms with van der Waals surface area (Å²) in [6, 6.07) is 1.97. The van der Waals surface area contributed by atoms with Crippen molar-refractivity contribution in [2.45, 2.75) is 33.6 Å². The van der Waals surface area contributed by atoms with Crippen LogP contribution in [0.4, 0.5) is 5.95 Å². The Bertz CT molecular complexity index is 635. The highest BCUT2D eigenvalue weighted by molar-refractivity contribution is 5.84. The zero-order chi connectivity index (χ0) is 18.0. The Morgan fingerprint density at radius 1 is 1.16 bits per heavy atom. The first-order valence-corrected chi connectivity index (χ1v) is 9.11. The molecule has 0 spiro atoms. The Balaban J connectivity index is 1.58. The number of aryl methyl sites for hydroxylation is 2. The highest BCUT2D eigenvalue weighted by Crippen LogP contribution is 2.21. The van der Waals surface area contributed by atoms with Crippen molar-refractivity contribution in [2.24, 2.45) is 5.92 Å². The van der Waals surface area contributed by atoms with Gasteiger partial charge in [0.25, 0.3) is 0 Å². The fraction of sp³-hybridized carbons (Fsp3) is 0.667. The quantitative estimate of drug-likeness (QED) is 0.817. The van der Waals surface area contributed by atoms with Crippen molar-refractivity contribution in [1.29, 1.82) is 0 Å². The van der Waals surface area contributed by atoms with Gasteiger partial charge in [-0.05, 0) is 33.3 Å². The van der Waals surface area contributed by atoms with Crippen molar-refractivity contribution in [3.05, 3.63) is 17.5 Å². The molecule has 2 aliphatic rings. The number of carbonyl (C=O) groups excluding carboxylic acids is 2. The van der Waals surface area contributed by atoms with Crippen molar-refractivity contribution in [1.82, 2.24) is 19.8 Å². The summed E-state index contributed by atoms with van der Waals surface area (Å²) in [5.74, 6) is 1.06. The summed E-state index contributed by atoms with van der Waals surface area (Å²) in [6.45, 7) is 10.0. The summed E-state index contributed by atoms with van der Waals surface area (Å²) in [4.78, 5) is 39.5. The van der Waals surface area contributed by atoms with Gasteiger partial charge in [0, 0.05) is 57.1 Å². The molecule has 1 unspecified atom stereocenters. The van der Waals surface area contributed by atoms with E-state index >= 15 is 0 Å². The molecule has 7 nitrogen and oxygen atoms in total. The van der Waals surface area contributed by atoms with Crippen LogP contribution in [0.2, 0.25) is 0 Å². The molecule has 0 aliphatic carbocycles. The Hall–Kier alpha value is -2.18. The average Bonchev–Trinajstić information content (AvgIpc) is 2.61. The van der Waals surface area contributed by atoms with Gasteiger partial charge >= 0.3 is 0 Å². The Kier molecular flexibility index (Phi) is 5.20. The van der Waals surface area contributed by atoms with Gasteiger partial charge in [0.2, 0.25) is 17.8 Å². The van der Waals surface area contributed by atoms with Crippen LogP contribution in [0.1, 0.15) is 31.2 Å². The number of amides is 2. The molecule has 0 radical (unpaired) electrons. The largest absolute Gasteiger partial charge is 0.342 e. The number of hydrogen-bond donors (Lipinski definition) is 0. The van der Waals surface area contributed by atoms with E-state index < -0.39 is 0 Å². The molecule has 2 fully saturated rings. The minimum atomic E-state index is -0.0540. The number of hydrogen-bond acceptors (Lipinski definition) is 5. The van der Waals surface area contributed by atoms with Crippen LogP contribution in [0.25, 0.3) is 0 Å². The van der Waals surface area contributed by atoms with Crippen LogP contribution in [0.3, 0.4) is 0 Å². The molecule has 2 saturated heterocycles. The standard InChI is InChI=1S/C18H27N5O2/c1-4-21-12-15(5-6-16(21)24)17(25)22-7-9-23(10-8-22)18-19-13(2)11-14(3)20-18/h11,15H,4-10,12H2,1-3H3. The molecule has 25 heavy (non-hydrogen) atoms. The third-order valence-corrected chi connectivity index (χ3v) is 5.08. The fourth-order valence-corrected chi connectivity index (χ4v) is 3.66. The second-order valence-corrected chi connectivity index (χ2v) is 6.93. The number of piperazine rings is 1. The maximum Gasteiger partial charge on any atom is 0.227 e. The van der Waals surface area contributed by atoms with Crippen LogP contribution in [-0.2, 0) is 9.59 Å². The van der Waals surface area contributed by atoms with E-state index in [2.05, 4.69) is 14.9 Å². The minimum Gasteiger partial charge on any atom is -0.342 e. The van der Waals surface area contributed by atoms with E-state index in [0.717, 1.165) is 30.4 Å². The predicted octanol–water partition coefficient (Wildman–Crippen LogP) is 1.00. The summed E-state index contributed by atoms with van der Waals surface area (Å²) < 4.78 is 0. The van der Waals surface area contributed by atoms with Crippen molar-refractivity contribution in [2.75, 3.05) is 44.2 Å². The number of piperidine rings is 1. The summed E-state index contributed by atoms with van der Waals surface area (Å²) in [5, 5.41) is 0. The molecule has 2 amide bonds. The first-order valence-electron chi connectivity index (χ1n) is 9.11. The Morgan fingerprint density at radius 2 is 1.80 bits per heavy atom. The van der Waals surface area contributed by atoms with Gasteiger partial charge in [0.05, 0.1) is 5.92 Å². The number of rotatable bonds is 3. The van der Waals surface area contributed by atoms with E-state index in [1.165, 1.54) is 0 Å². The SMILES string of the molecule is CCN1CC(C(=O)N2CCN(c3nc(C)cc(C)n3)CC2)CCC1=O. The molecule has 3 rings (SSSR count). The lowest BCUT2D eigenvalue weighted by molar-refractivity contribution is -0.143. The molecule has 1 aromatic rings. The molecule has 0 N–H and O–H groups in total. The van der Waals surface area contributed by atoms with Crippen LogP contribution in [0.15, 0.2) is 6.07 Å². The summed E-state index contributed by atoms with van der Waals surface area (Å²) in [5.41, 5.74) is 1.93. The molecular weight excluding hydrogens is 318 g/mol. The molecule has 1 aromatic heterocycles. The molecular formula is C18H27N5O2. The van der Waals surface area contributed by atoms with Crippen molar-refractivity contribution in [3.63, 3.8) is 0 Å². The molecule has 0 bridgehead atoms. The Morgan fingerprint density at radius 3 is 2.40 bits per heavy atom. The second kappa shape index (κ2) is 7.37. The van der Waals surface area contributed by atoms with E-state index in [1.54, 1.807) is 4.90 Å². The molecule has 2 aliphatic heterocycles. The van der Waals surface area contributed by atoms with Gasteiger partial charge in [-0.3, -0.25) is 9.59 Å². The van der Waals surface area contributed by atoms with Crippen LogP contribution in [0, 0.1) is 19.8 Å². The number of aromatic nitrogens is 2. The summed E-state index contributed by atoms with van der Waals surface area (Å²) >= 11 is 0. The average molecular weight is 345 g/mol. The molecule has 0 saturated carbocycles. The lowest BCUT2D eigenvalue weighted by Crippen LogP contribution is -2.53. The second-order valence-electron chi connectivity index (χ2n) is 6.93. The monoisotopic (exact) mass is 345 g/mol. The normalized spacial score (nSPS) is 21.6. The zero-order valence-corrected chi connectivity index (χ0v) is 15.4. The molecule has 136 valence electrons. The van der Waals surface area contributed by atoms with E-state index in [4.69, 9.17) is 0 Å². The molecule has 0 aromatic carbocycles. The van der Waals surface area contributed by atoms with E-state index in [-0.39, 0.29) is 17.7 Å². The van der Waals surface area contributed by atoms with Gasteiger partial charge in [0.1, 0.15) is 0 Å². The predicted molar refractivity (Wildman–Crippen MR) is 95.3 cm³/mol. The van der Waals surface area contributed by atoms with E-state index in [0.29, 0.717) is 39.0 Å². The van der Waals surface area contributed by atoms with Crippen LogP contribution in [0.5, 0.6) is 0 Å². The smallest absolute Gasteiger partial charge is 0.227 e. The van der Waals surface area contributed by atoms with Gasteiger partial charge in [-0.25, -0.2) is 9.97 Å². The fourth-order valence-electron chi connectivity index (χ4n) is 3.66. The molecule has 1 atom stereocenters. The number of nitrogens with zero attached hydrogens (tertiary/aromatic N) is 5. The summed E-state index contributed by atoms with van der Waals surface area (Å²) in [7, 11) is 0. The van der Waals surface area contributed by atoms with Crippen molar-refractivity contribution >= 4 is 17.8 Å². The van der Waals surface area contributed by atoms with Crippen LogP contribution in [-0.4, -0.2) is 70.9 Å². The van der Waals surface area contributed by atoms with Gasteiger partial charge in [-0.2, -0.15) is 0 Å². The molecule has 7 heteroatoms. The van der Waals surface area contributed by atoms with Crippen LogP contribution < -0.4 is 4.90 Å². The van der Waals surface area contributed by atoms with E-state index in [9.17, 15) is 9.59 Å². The van der Waals surface area contributed by atoms with Gasteiger partial charge in [-0.15, -0.1) is 0 Å². The Labute approximate surface area is 149 Å².